The van der Waals surface area contributed by atoms with E-state index in [1.807, 2.05) is 16.8 Å². The Balaban J connectivity index is 0.00000147. The van der Waals surface area contributed by atoms with Gasteiger partial charge in [0.15, 0.2) is 0 Å². The molecule has 0 aliphatic carbocycles. The summed E-state index contributed by atoms with van der Waals surface area (Å²) >= 11 is 1.76. The smallest absolute Gasteiger partial charge is 0.246 e. The molecule has 7 heteroatoms. The maximum atomic E-state index is 12.7. The molecule has 3 heterocycles. The summed E-state index contributed by atoms with van der Waals surface area (Å²) in [5.74, 6) is 0.995. The van der Waals surface area contributed by atoms with Gasteiger partial charge in [-0.1, -0.05) is 0 Å². The molecule has 0 spiro atoms. The van der Waals surface area contributed by atoms with Crippen LogP contribution in [0.3, 0.4) is 0 Å². The van der Waals surface area contributed by atoms with Crippen molar-refractivity contribution in [3.8, 4) is 0 Å². The van der Waals surface area contributed by atoms with Gasteiger partial charge in [0.05, 0.1) is 4.87 Å². The van der Waals surface area contributed by atoms with Crippen LogP contribution in [0.15, 0.2) is 0 Å². The summed E-state index contributed by atoms with van der Waals surface area (Å²) in [6.45, 7) is 3.93. The summed E-state index contributed by atoms with van der Waals surface area (Å²) in [5.41, 5.74) is 0. The Kier molecular flexibility index (Phi) is 4.56. The number of likely N-dealkylation sites (N-methyl/N-ethyl adjacent to an activating group) is 1. The molecule has 0 aromatic rings. The van der Waals surface area contributed by atoms with Crippen molar-refractivity contribution in [2.45, 2.75) is 43.1 Å². The van der Waals surface area contributed by atoms with Crippen LogP contribution in [0.1, 0.15) is 26.2 Å². The van der Waals surface area contributed by atoms with Gasteiger partial charge in [0.25, 0.3) is 0 Å². The van der Waals surface area contributed by atoms with Gasteiger partial charge in [-0.3, -0.25) is 9.59 Å². The number of hydrogen-bond donors (Lipinski definition) is 1. The second-order valence-corrected chi connectivity index (χ2v) is 7.36. The molecule has 114 valence electrons. The first-order valence-electron chi connectivity index (χ1n) is 6.96. The molecule has 3 unspecified atom stereocenters. The fourth-order valence-electron chi connectivity index (χ4n) is 3.39. The predicted octanol–water partition coefficient (Wildman–Crippen LogP) is 0.682. The number of thioether (sulfide) groups is 1. The van der Waals surface area contributed by atoms with Gasteiger partial charge in [0.1, 0.15) is 6.04 Å². The first kappa shape index (κ1) is 15.9. The second-order valence-electron chi connectivity index (χ2n) is 5.86. The fraction of sp³-hybridized carbons (Fsp3) is 0.846. The van der Waals surface area contributed by atoms with Crippen molar-refractivity contribution in [3.05, 3.63) is 0 Å². The van der Waals surface area contributed by atoms with Gasteiger partial charge in [0, 0.05) is 31.8 Å². The zero-order valence-electron chi connectivity index (χ0n) is 11.9. The zero-order valence-corrected chi connectivity index (χ0v) is 13.6. The van der Waals surface area contributed by atoms with E-state index < -0.39 is 0 Å². The highest BCUT2D eigenvalue weighted by Gasteiger charge is 2.53. The Hall–Kier alpha value is -0.460. The number of hydrogen-bond acceptors (Lipinski definition) is 4. The molecule has 0 saturated carbocycles. The highest BCUT2D eigenvalue weighted by molar-refractivity contribution is 8.01. The van der Waals surface area contributed by atoms with Crippen LogP contribution in [0.5, 0.6) is 0 Å². The number of amides is 2. The Morgan fingerprint density at radius 1 is 1.55 bits per heavy atom. The number of nitrogens with one attached hydrogen (secondary N) is 1. The minimum atomic E-state index is -0.254. The van der Waals surface area contributed by atoms with E-state index >= 15 is 0 Å². The maximum absolute atomic E-state index is 12.7. The summed E-state index contributed by atoms with van der Waals surface area (Å²) in [4.78, 5) is 28.3. The lowest BCUT2D eigenvalue weighted by Gasteiger charge is -2.33. The highest BCUT2D eigenvalue weighted by Crippen LogP contribution is 2.47. The van der Waals surface area contributed by atoms with Crippen LogP contribution in [-0.2, 0) is 9.59 Å². The molecule has 2 amide bonds. The van der Waals surface area contributed by atoms with Crippen LogP contribution in [0.2, 0.25) is 0 Å². The van der Waals surface area contributed by atoms with Crippen LogP contribution in [0, 0.1) is 0 Å². The largest absolute Gasteiger partial charge is 0.340 e. The Labute approximate surface area is 130 Å². The minimum Gasteiger partial charge on any atom is -0.340 e. The fourth-order valence-corrected chi connectivity index (χ4v) is 4.81. The van der Waals surface area contributed by atoms with E-state index in [0.29, 0.717) is 6.42 Å². The van der Waals surface area contributed by atoms with Crippen LogP contribution in [-0.4, -0.2) is 64.5 Å². The standard InChI is InChI=1S/C13H21N3O2S.ClH/c1-13-5-3-11(17)16(13)10(8-19-13)12(18)15(2)9-4-6-14-7-9;/h9-10,14H,3-8H2,1-2H3;1H. The van der Waals surface area contributed by atoms with Crippen LogP contribution in [0.25, 0.3) is 0 Å². The highest BCUT2D eigenvalue weighted by atomic mass is 35.5. The van der Waals surface area contributed by atoms with E-state index in [1.165, 1.54) is 0 Å². The summed E-state index contributed by atoms with van der Waals surface area (Å²) in [7, 11) is 1.88. The molecule has 3 atom stereocenters. The molecule has 3 aliphatic heterocycles. The van der Waals surface area contributed by atoms with Gasteiger partial charge in [-0.15, -0.1) is 24.2 Å². The van der Waals surface area contributed by atoms with E-state index in [0.717, 1.165) is 31.7 Å². The van der Waals surface area contributed by atoms with Gasteiger partial charge < -0.3 is 15.1 Å². The lowest BCUT2D eigenvalue weighted by Crippen LogP contribution is -2.52. The maximum Gasteiger partial charge on any atom is 0.246 e. The van der Waals surface area contributed by atoms with Crippen LogP contribution in [0.4, 0.5) is 0 Å². The minimum absolute atomic E-state index is 0. The Morgan fingerprint density at radius 2 is 2.30 bits per heavy atom. The molecule has 3 aliphatic rings. The van der Waals surface area contributed by atoms with Crippen molar-refractivity contribution < 1.29 is 9.59 Å². The molecule has 0 aromatic heterocycles. The number of nitrogens with zero attached hydrogens (tertiary/aromatic N) is 2. The van der Waals surface area contributed by atoms with Crippen molar-refractivity contribution in [2.24, 2.45) is 0 Å². The molecule has 5 nitrogen and oxygen atoms in total. The van der Waals surface area contributed by atoms with Gasteiger partial charge in [-0.05, 0) is 26.3 Å². The van der Waals surface area contributed by atoms with E-state index in [2.05, 4.69) is 12.2 Å². The molecule has 1 N–H and O–H groups in total. The van der Waals surface area contributed by atoms with E-state index in [4.69, 9.17) is 0 Å². The van der Waals surface area contributed by atoms with Gasteiger partial charge >= 0.3 is 0 Å². The van der Waals surface area contributed by atoms with Crippen molar-refractivity contribution >= 4 is 36.0 Å². The third-order valence-electron chi connectivity index (χ3n) is 4.66. The number of fused-ring (bicyclic) bond motifs is 1. The molecule has 0 radical (unpaired) electrons. The molecule has 20 heavy (non-hydrogen) atoms. The molecule has 3 saturated heterocycles. The quantitative estimate of drug-likeness (QED) is 0.813. The first-order chi connectivity index (χ1) is 9.03. The third-order valence-corrected chi connectivity index (χ3v) is 6.16. The Bertz CT molecular complexity index is 416. The predicted molar refractivity (Wildman–Crippen MR) is 82.0 cm³/mol. The van der Waals surface area contributed by atoms with E-state index in [-0.39, 0.29) is 41.2 Å². The summed E-state index contributed by atoms with van der Waals surface area (Å²) < 4.78 is 0. The molecule has 0 aromatic carbocycles. The number of carbonyl (C=O) groups is 2. The first-order valence-corrected chi connectivity index (χ1v) is 7.95. The van der Waals surface area contributed by atoms with Crippen LogP contribution >= 0.6 is 24.2 Å². The van der Waals surface area contributed by atoms with E-state index in [1.54, 1.807) is 11.8 Å². The lowest BCUT2D eigenvalue weighted by atomic mass is 10.1. The lowest BCUT2D eigenvalue weighted by molar-refractivity contribution is -0.144. The van der Waals surface area contributed by atoms with Crippen molar-refractivity contribution in [1.82, 2.24) is 15.1 Å². The monoisotopic (exact) mass is 319 g/mol. The number of rotatable bonds is 2. The molecular formula is C13H22ClN3O2S. The summed E-state index contributed by atoms with van der Waals surface area (Å²) in [5, 5.41) is 3.28. The van der Waals surface area contributed by atoms with Gasteiger partial charge in [-0.25, -0.2) is 0 Å². The van der Waals surface area contributed by atoms with Crippen molar-refractivity contribution in [2.75, 3.05) is 25.9 Å². The topological polar surface area (TPSA) is 52.7 Å². The molecule has 0 bridgehead atoms. The molecular weight excluding hydrogens is 298 g/mol. The molecule has 3 rings (SSSR count). The van der Waals surface area contributed by atoms with E-state index in [9.17, 15) is 9.59 Å². The normalized spacial score (nSPS) is 35.9. The summed E-state index contributed by atoms with van der Waals surface area (Å²) in [6.07, 6.45) is 2.46. The number of halogens is 1. The van der Waals surface area contributed by atoms with Gasteiger partial charge in [0.2, 0.25) is 11.8 Å². The number of carbonyl (C=O) groups excluding carboxylic acids is 2. The van der Waals surface area contributed by atoms with Crippen LogP contribution < -0.4 is 5.32 Å². The van der Waals surface area contributed by atoms with Gasteiger partial charge in [-0.2, -0.15) is 0 Å². The molecule has 3 fully saturated rings. The Morgan fingerprint density at radius 3 is 2.95 bits per heavy atom. The SMILES string of the molecule is CN(C(=O)C1CSC2(C)CCC(=O)N12)C1CCNC1.Cl. The third kappa shape index (κ3) is 2.42. The zero-order chi connectivity index (χ0) is 13.6. The van der Waals surface area contributed by atoms with Crippen molar-refractivity contribution in [1.29, 1.82) is 0 Å². The summed E-state index contributed by atoms with van der Waals surface area (Å²) in [6, 6.07) is 0.0256. The van der Waals surface area contributed by atoms with Crippen molar-refractivity contribution in [3.63, 3.8) is 0 Å². The average molecular weight is 320 g/mol. The second kappa shape index (κ2) is 5.73. The average Bonchev–Trinajstić information content (AvgIpc) is 3.06.